The van der Waals surface area contributed by atoms with Crippen molar-refractivity contribution in [3.63, 3.8) is 0 Å². The van der Waals surface area contributed by atoms with Gasteiger partial charge in [-0.05, 0) is 73.2 Å². The highest BCUT2D eigenvalue weighted by atomic mass is 16.5. The van der Waals surface area contributed by atoms with Crippen molar-refractivity contribution < 1.29 is 4.74 Å². The van der Waals surface area contributed by atoms with Gasteiger partial charge in [0.2, 0.25) is 5.88 Å². The average Bonchev–Trinajstić information content (AvgIpc) is 2.89. The van der Waals surface area contributed by atoms with Crippen LogP contribution in [-0.4, -0.2) is 16.1 Å². The topological polar surface area (TPSA) is 37.9 Å². The summed E-state index contributed by atoms with van der Waals surface area (Å²) in [5.74, 6) is 0.695. The minimum Gasteiger partial charge on any atom is -0.474 e. The monoisotopic (exact) mass is 350 g/mol. The molecule has 2 aromatic heterocycles. The van der Waals surface area contributed by atoms with E-state index in [2.05, 4.69) is 36.1 Å². The van der Waals surface area contributed by atoms with E-state index in [1.165, 1.54) is 6.42 Å². The van der Waals surface area contributed by atoms with Gasteiger partial charge in [0.1, 0.15) is 6.10 Å². The van der Waals surface area contributed by atoms with Crippen LogP contribution in [0.2, 0.25) is 0 Å². The number of allylic oxidation sites excluding steroid dienone is 2. The van der Waals surface area contributed by atoms with Crippen LogP contribution in [0.4, 0.5) is 0 Å². The number of aromatic nitrogens is 2. The van der Waals surface area contributed by atoms with Crippen molar-refractivity contribution in [1.82, 2.24) is 9.97 Å². The van der Waals surface area contributed by atoms with Gasteiger partial charge in [0, 0.05) is 23.3 Å². The number of aromatic amines is 1. The van der Waals surface area contributed by atoms with E-state index in [1.54, 1.807) is 0 Å². The van der Waals surface area contributed by atoms with Crippen LogP contribution in [0.1, 0.15) is 56.9 Å². The first-order chi connectivity index (χ1) is 12.6. The van der Waals surface area contributed by atoms with Crippen molar-refractivity contribution in [3.05, 3.63) is 58.4 Å². The summed E-state index contributed by atoms with van der Waals surface area (Å²) < 4.78 is 5.79. The Balaban J connectivity index is 0.00000117. The second kappa shape index (κ2) is 9.23. The zero-order valence-corrected chi connectivity index (χ0v) is 16.4. The van der Waals surface area contributed by atoms with Crippen LogP contribution >= 0.6 is 0 Å². The molecule has 0 amide bonds. The Morgan fingerprint density at radius 1 is 1.31 bits per heavy atom. The molecule has 0 saturated heterocycles. The van der Waals surface area contributed by atoms with Gasteiger partial charge < -0.3 is 9.72 Å². The van der Waals surface area contributed by atoms with Gasteiger partial charge in [0.15, 0.2) is 0 Å². The molecule has 3 nitrogen and oxygen atoms in total. The van der Waals surface area contributed by atoms with Crippen molar-refractivity contribution in [3.8, 4) is 5.88 Å². The van der Waals surface area contributed by atoms with E-state index >= 15 is 0 Å². The Morgan fingerprint density at radius 2 is 2.04 bits per heavy atom. The van der Waals surface area contributed by atoms with Gasteiger partial charge in [-0.15, -0.1) is 0 Å². The first-order valence-electron chi connectivity index (χ1n) is 9.42. The predicted molar refractivity (Wildman–Crippen MR) is 112 cm³/mol. The molecule has 1 aliphatic rings. The molecule has 26 heavy (non-hydrogen) atoms. The lowest BCUT2D eigenvalue weighted by Crippen LogP contribution is -2.24. The fraction of sp³-hybridized carbons (Fsp3) is 0.348. The summed E-state index contributed by atoms with van der Waals surface area (Å²) in [6.07, 6.45) is 11.8. The van der Waals surface area contributed by atoms with E-state index < -0.39 is 0 Å². The molecule has 0 unspecified atom stereocenters. The number of pyridine rings is 1. The third-order valence-corrected chi connectivity index (χ3v) is 4.55. The molecule has 1 N–H and O–H groups in total. The fourth-order valence-corrected chi connectivity index (χ4v) is 2.69. The maximum atomic E-state index is 5.79. The van der Waals surface area contributed by atoms with Gasteiger partial charge in [-0.2, -0.15) is 0 Å². The third kappa shape index (κ3) is 4.54. The number of H-pyrrole nitrogens is 1. The van der Waals surface area contributed by atoms with Crippen LogP contribution in [0.3, 0.4) is 0 Å². The summed E-state index contributed by atoms with van der Waals surface area (Å²) >= 11 is 0. The lowest BCUT2D eigenvalue weighted by molar-refractivity contribution is 0.114. The van der Waals surface area contributed by atoms with Crippen molar-refractivity contribution in [2.45, 2.75) is 53.1 Å². The zero-order valence-electron chi connectivity index (χ0n) is 16.4. The van der Waals surface area contributed by atoms with E-state index in [9.17, 15) is 0 Å². The Hall–Kier alpha value is -2.55. The Labute approximate surface area is 156 Å². The maximum absolute atomic E-state index is 5.79. The number of ether oxygens (including phenoxy) is 1. The SMILES string of the molecule is C=C(/C=c1/[nH]c(/C=C\C)c(C)c1=C)c1ccc(OC2CCC2)nc1.CC. The molecule has 1 saturated carbocycles. The number of nitrogens with zero attached hydrogens (tertiary/aromatic N) is 1. The molecule has 0 aromatic carbocycles. The minimum atomic E-state index is 0.346. The van der Waals surface area contributed by atoms with Crippen LogP contribution in [0, 0.1) is 6.92 Å². The van der Waals surface area contributed by atoms with Crippen molar-refractivity contribution in [2.24, 2.45) is 0 Å². The normalized spacial score (nSPS) is 14.7. The van der Waals surface area contributed by atoms with Gasteiger partial charge >= 0.3 is 0 Å². The summed E-state index contributed by atoms with van der Waals surface area (Å²) in [4.78, 5) is 7.79. The number of nitrogens with one attached hydrogen (secondary N) is 1. The highest BCUT2D eigenvalue weighted by Gasteiger charge is 2.19. The quantitative estimate of drug-likeness (QED) is 0.855. The first kappa shape index (κ1) is 19.8. The molecule has 0 spiro atoms. The largest absolute Gasteiger partial charge is 0.474 e. The lowest BCUT2D eigenvalue weighted by atomic mass is 9.96. The average molecular weight is 351 g/mol. The highest BCUT2D eigenvalue weighted by molar-refractivity contribution is 5.86. The van der Waals surface area contributed by atoms with Gasteiger partial charge in [0.25, 0.3) is 0 Å². The molecule has 0 bridgehead atoms. The van der Waals surface area contributed by atoms with Crippen LogP contribution in [-0.2, 0) is 0 Å². The number of rotatable bonds is 5. The van der Waals surface area contributed by atoms with E-state index in [4.69, 9.17) is 4.74 Å². The molecule has 2 heterocycles. The highest BCUT2D eigenvalue weighted by Crippen LogP contribution is 2.24. The van der Waals surface area contributed by atoms with Gasteiger partial charge in [-0.25, -0.2) is 4.98 Å². The number of hydrogen-bond acceptors (Lipinski definition) is 2. The molecule has 3 rings (SSSR count). The van der Waals surface area contributed by atoms with E-state index in [1.807, 2.05) is 51.3 Å². The summed E-state index contributed by atoms with van der Waals surface area (Å²) in [5, 5.41) is 1.99. The van der Waals surface area contributed by atoms with Gasteiger partial charge in [0.05, 0.1) is 0 Å². The maximum Gasteiger partial charge on any atom is 0.213 e. The molecular formula is C23H30N2O. The molecule has 0 atom stereocenters. The lowest BCUT2D eigenvalue weighted by Gasteiger charge is -2.25. The van der Waals surface area contributed by atoms with Crippen LogP contribution in [0.5, 0.6) is 5.88 Å². The number of hydrogen-bond donors (Lipinski definition) is 1. The predicted octanol–water partition coefficient (Wildman–Crippen LogP) is 4.61. The van der Waals surface area contributed by atoms with E-state index in [0.29, 0.717) is 12.0 Å². The fourth-order valence-electron chi connectivity index (χ4n) is 2.69. The molecule has 1 fully saturated rings. The van der Waals surface area contributed by atoms with Crippen LogP contribution in [0.25, 0.3) is 24.3 Å². The second-order valence-corrected chi connectivity index (χ2v) is 6.28. The van der Waals surface area contributed by atoms with Crippen LogP contribution in [0.15, 0.2) is 31.0 Å². The smallest absolute Gasteiger partial charge is 0.213 e. The van der Waals surface area contributed by atoms with Crippen LogP contribution < -0.4 is 15.3 Å². The zero-order chi connectivity index (χ0) is 19.1. The van der Waals surface area contributed by atoms with Crippen molar-refractivity contribution in [1.29, 1.82) is 0 Å². The summed E-state index contributed by atoms with van der Waals surface area (Å²) in [7, 11) is 0. The Bertz CT molecular complexity index is 868. The van der Waals surface area contributed by atoms with Gasteiger partial charge in [-0.1, -0.05) is 33.1 Å². The molecule has 3 heteroatoms. The van der Waals surface area contributed by atoms with E-state index in [0.717, 1.165) is 45.8 Å². The summed E-state index contributed by atoms with van der Waals surface area (Å²) in [5.41, 5.74) is 4.13. The molecular weight excluding hydrogens is 320 g/mol. The first-order valence-corrected chi connectivity index (χ1v) is 9.42. The molecule has 2 aromatic rings. The molecule has 1 aliphatic carbocycles. The summed E-state index contributed by atoms with van der Waals surface area (Å²) in [6.45, 7) is 16.4. The molecule has 0 radical (unpaired) electrons. The minimum absolute atomic E-state index is 0.346. The van der Waals surface area contributed by atoms with Crippen molar-refractivity contribution in [2.75, 3.05) is 0 Å². The van der Waals surface area contributed by atoms with E-state index in [-0.39, 0.29) is 0 Å². The molecule has 0 aliphatic heterocycles. The second-order valence-electron chi connectivity index (χ2n) is 6.28. The standard InChI is InChI=1S/C21H24N2O.C2H6/c1-5-7-19-15(3)16(4)20(23-19)12-14(2)17-10-11-21(22-13-17)24-18-8-6-9-18;1-2/h5,7,10-13,18,23H,2,4,6,8-9H2,1,3H3;1-2H3/b7-5-,20-12+;. The third-order valence-electron chi connectivity index (χ3n) is 4.55. The van der Waals surface area contributed by atoms with Gasteiger partial charge in [-0.3, -0.25) is 0 Å². The Morgan fingerprint density at radius 3 is 2.58 bits per heavy atom. The Kier molecular flexibility index (Phi) is 7.02. The summed E-state index contributed by atoms with van der Waals surface area (Å²) in [6, 6.07) is 3.92. The molecule has 138 valence electrons. The van der Waals surface area contributed by atoms with Crippen molar-refractivity contribution >= 4 is 24.3 Å².